The van der Waals surface area contributed by atoms with Crippen LogP contribution >= 0.6 is 0 Å². The summed E-state index contributed by atoms with van der Waals surface area (Å²) in [6, 6.07) is 0. The number of carbonyl (C=O) groups is 1. The molecule has 0 saturated heterocycles. The fourth-order valence-corrected chi connectivity index (χ4v) is 1.37. The number of aliphatic carboxylic acids is 1. The normalized spacial score (nSPS) is 12.7. The third-order valence-corrected chi connectivity index (χ3v) is 2.48. The summed E-state index contributed by atoms with van der Waals surface area (Å²) in [5, 5.41) is 8.64. The van der Waals surface area contributed by atoms with Crippen LogP contribution in [-0.4, -0.2) is 11.1 Å². The summed E-state index contributed by atoms with van der Waals surface area (Å²) in [5.74, 6) is -0.852. The quantitative estimate of drug-likeness (QED) is 0.575. The summed E-state index contributed by atoms with van der Waals surface area (Å²) >= 11 is 0. The molecular formula is C12H23O2. The van der Waals surface area contributed by atoms with Crippen molar-refractivity contribution in [1.29, 1.82) is 0 Å². The van der Waals surface area contributed by atoms with Crippen molar-refractivity contribution in [1.82, 2.24) is 0 Å². The molecule has 14 heavy (non-hydrogen) atoms. The van der Waals surface area contributed by atoms with E-state index in [-0.39, 0.29) is 5.92 Å². The molecule has 83 valence electrons. The Kier molecular flexibility index (Phi) is 8.70. The summed E-state index contributed by atoms with van der Waals surface area (Å²) in [4.78, 5) is 10.5. The maximum atomic E-state index is 10.5. The molecular weight excluding hydrogens is 176 g/mol. The van der Waals surface area contributed by atoms with Crippen LogP contribution in [0.2, 0.25) is 0 Å². The van der Waals surface area contributed by atoms with Gasteiger partial charge in [-0.15, -0.1) is 0 Å². The molecule has 0 aromatic carbocycles. The fourth-order valence-electron chi connectivity index (χ4n) is 1.37. The van der Waals surface area contributed by atoms with Gasteiger partial charge in [0.15, 0.2) is 0 Å². The van der Waals surface area contributed by atoms with Crippen LogP contribution in [0.3, 0.4) is 0 Å². The number of carboxylic acids is 1. The van der Waals surface area contributed by atoms with Gasteiger partial charge in [0.05, 0.1) is 5.92 Å². The molecule has 0 bridgehead atoms. The standard InChI is InChI=1S/C12H23O2/c1-3-4-5-6-7-8-9-10-11(2)12(13)14/h7,11H,3-6,8-10H2,1-2H3,(H,13,14). The zero-order valence-corrected chi connectivity index (χ0v) is 9.46. The molecule has 1 atom stereocenters. The Balaban J connectivity index is 3.09. The van der Waals surface area contributed by atoms with Crippen LogP contribution in [0.25, 0.3) is 0 Å². The highest BCUT2D eigenvalue weighted by molar-refractivity contribution is 5.69. The van der Waals surface area contributed by atoms with Gasteiger partial charge in [-0.3, -0.25) is 4.79 Å². The predicted molar refractivity (Wildman–Crippen MR) is 59.1 cm³/mol. The Labute approximate surface area is 87.7 Å². The van der Waals surface area contributed by atoms with E-state index < -0.39 is 5.97 Å². The van der Waals surface area contributed by atoms with Crippen molar-refractivity contribution in [3.05, 3.63) is 6.42 Å². The van der Waals surface area contributed by atoms with E-state index in [1.807, 2.05) is 0 Å². The smallest absolute Gasteiger partial charge is 0.306 e. The van der Waals surface area contributed by atoms with Gasteiger partial charge in [0.2, 0.25) is 0 Å². The van der Waals surface area contributed by atoms with Crippen molar-refractivity contribution in [2.75, 3.05) is 0 Å². The van der Waals surface area contributed by atoms with Crippen LogP contribution in [-0.2, 0) is 4.79 Å². The van der Waals surface area contributed by atoms with Crippen LogP contribution < -0.4 is 0 Å². The van der Waals surface area contributed by atoms with Gasteiger partial charge in [0, 0.05) is 0 Å². The average molecular weight is 199 g/mol. The molecule has 0 saturated carbocycles. The summed E-state index contributed by atoms with van der Waals surface area (Å²) < 4.78 is 0. The lowest BCUT2D eigenvalue weighted by Gasteiger charge is -2.05. The van der Waals surface area contributed by atoms with Crippen LogP contribution in [0.15, 0.2) is 0 Å². The number of unbranched alkanes of at least 4 members (excludes halogenated alkanes) is 6. The first-order valence-electron chi connectivity index (χ1n) is 5.73. The summed E-state index contributed by atoms with van der Waals surface area (Å²) in [6.45, 7) is 3.98. The fraction of sp³-hybridized carbons (Fsp3) is 0.833. The maximum absolute atomic E-state index is 10.5. The van der Waals surface area contributed by atoms with Crippen molar-refractivity contribution >= 4 is 5.97 Å². The number of hydrogen-bond donors (Lipinski definition) is 1. The van der Waals surface area contributed by atoms with E-state index in [1.165, 1.54) is 25.7 Å². The largest absolute Gasteiger partial charge is 0.481 e. The molecule has 0 heterocycles. The maximum Gasteiger partial charge on any atom is 0.306 e. The van der Waals surface area contributed by atoms with Crippen molar-refractivity contribution < 1.29 is 9.90 Å². The van der Waals surface area contributed by atoms with Crippen LogP contribution in [0.4, 0.5) is 0 Å². The molecule has 1 N–H and O–H groups in total. The molecule has 0 fully saturated rings. The first-order chi connectivity index (χ1) is 6.68. The molecule has 0 rings (SSSR count). The molecule has 0 aliphatic heterocycles. The van der Waals surface area contributed by atoms with E-state index in [2.05, 4.69) is 13.3 Å². The summed E-state index contributed by atoms with van der Waals surface area (Å²) in [6.07, 6.45) is 10.2. The van der Waals surface area contributed by atoms with Gasteiger partial charge < -0.3 is 5.11 Å². The second-order valence-electron chi connectivity index (χ2n) is 3.95. The van der Waals surface area contributed by atoms with E-state index >= 15 is 0 Å². The number of carboxylic acid groups (broad SMARTS) is 1. The van der Waals surface area contributed by atoms with Gasteiger partial charge >= 0.3 is 5.97 Å². The third kappa shape index (κ3) is 8.09. The minimum Gasteiger partial charge on any atom is -0.481 e. The molecule has 0 amide bonds. The topological polar surface area (TPSA) is 37.3 Å². The highest BCUT2D eigenvalue weighted by Gasteiger charge is 2.09. The van der Waals surface area contributed by atoms with Crippen LogP contribution in [0.1, 0.15) is 58.8 Å². The lowest BCUT2D eigenvalue weighted by Crippen LogP contribution is -2.08. The lowest BCUT2D eigenvalue weighted by molar-refractivity contribution is -0.141. The van der Waals surface area contributed by atoms with Gasteiger partial charge in [-0.25, -0.2) is 0 Å². The van der Waals surface area contributed by atoms with Gasteiger partial charge in [0.1, 0.15) is 0 Å². The van der Waals surface area contributed by atoms with E-state index in [0.717, 1.165) is 19.3 Å². The zero-order valence-electron chi connectivity index (χ0n) is 9.46. The van der Waals surface area contributed by atoms with E-state index in [0.29, 0.717) is 0 Å². The summed E-state index contributed by atoms with van der Waals surface area (Å²) in [5.41, 5.74) is 0. The molecule has 1 radical (unpaired) electrons. The molecule has 0 spiro atoms. The van der Waals surface area contributed by atoms with Gasteiger partial charge in [-0.05, 0) is 12.8 Å². The van der Waals surface area contributed by atoms with Gasteiger partial charge in [0.25, 0.3) is 0 Å². The van der Waals surface area contributed by atoms with Crippen molar-refractivity contribution in [2.45, 2.75) is 58.8 Å². The van der Waals surface area contributed by atoms with Crippen LogP contribution in [0.5, 0.6) is 0 Å². The van der Waals surface area contributed by atoms with E-state index in [4.69, 9.17) is 5.11 Å². The predicted octanol–water partition coefficient (Wildman–Crippen LogP) is 3.66. The molecule has 0 aromatic heterocycles. The monoisotopic (exact) mass is 199 g/mol. The van der Waals surface area contributed by atoms with Gasteiger partial charge in [-0.1, -0.05) is 52.4 Å². The van der Waals surface area contributed by atoms with Crippen molar-refractivity contribution in [3.63, 3.8) is 0 Å². The van der Waals surface area contributed by atoms with E-state index in [9.17, 15) is 4.79 Å². The van der Waals surface area contributed by atoms with Crippen molar-refractivity contribution in [2.24, 2.45) is 5.92 Å². The highest BCUT2D eigenvalue weighted by atomic mass is 16.4. The second-order valence-corrected chi connectivity index (χ2v) is 3.95. The molecule has 0 aliphatic carbocycles. The minimum absolute atomic E-state index is 0.181. The molecule has 1 unspecified atom stereocenters. The molecule has 0 aliphatic rings. The summed E-state index contributed by atoms with van der Waals surface area (Å²) in [7, 11) is 0. The first-order valence-corrected chi connectivity index (χ1v) is 5.73. The second kappa shape index (κ2) is 9.04. The molecule has 0 aromatic rings. The number of rotatable bonds is 9. The third-order valence-electron chi connectivity index (χ3n) is 2.48. The Morgan fingerprint density at radius 1 is 1.29 bits per heavy atom. The first kappa shape index (κ1) is 13.5. The SMILES string of the molecule is CCCCC[CH]CCCC(C)C(=O)O. The Bertz CT molecular complexity index is 143. The number of hydrogen-bond acceptors (Lipinski definition) is 1. The Hall–Kier alpha value is -0.530. The van der Waals surface area contributed by atoms with E-state index in [1.54, 1.807) is 6.92 Å². The van der Waals surface area contributed by atoms with Crippen molar-refractivity contribution in [3.8, 4) is 0 Å². The van der Waals surface area contributed by atoms with Crippen LogP contribution in [0, 0.1) is 12.3 Å². The Morgan fingerprint density at radius 3 is 2.50 bits per heavy atom. The molecule has 2 heteroatoms. The zero-order chi connectivity index (χ0) is 10.8. The highest BCUT2D eigenvalue weighted by Crippen LogP contribution is 2.11. The lowest BCUT2D eigenvalue weighted by atomic mass is 10.0. The average Bonchev–Trinajstić information content (AvgIpc) is 2.16. The Morgan fingerprint density at radius 2 is 1.93 bits per heavy atom. The molecule has 2 nitrogen and oxygen atoms in total. The minimum atomic E-state index is -0.670. The van der Waals surface area contributed by atoms with Gasteiger partial charge in [-0.2, -0.15) is 0 Å².